The first-order valence-corrected chi connectivity index (χ1v) is 14.9. The molecule has 1 spiro atoms. The SMILES string of the molecule is Cc1cn([C@H]2C[C@H](n3cc(CO[C@H]4O[C@@H]5O[C@@]6(C)CC[C@H]7[C@H](C)CC[C@@H]([C@H]4C)[C@@]57OO6)nn3)[C@@H](CO)O2)c(=O)[nH]c1=O. The average molecular weight is 590 g/mol. The first kappa shape index (κ1) is 28.3. The monoisotopic (exact) mass is 589 g/mol. The number of hydrogen-bond acceptors (Lipinski definition) is 11. The molecule has 0 amide bonds. The van der Waals surface area contributed by atoms with Gasteiger partial charge in [-0.2, -0.15) is 0 Å². The van der Waals surface area contributed by atoms with Crippen LogP contribution in [0.25, 0.3) is 0 Å². The highest BCUT2D eigenvalue weighted by atomic mass is 17.3. The standard InChI is InChI=1S/C28H39N5O9/c1-14-5-6-19-16(3)24(39-25-28(19)18(14)7-8-27(4,40-25)41-42-28)37-13-17-11-33(31-30-17)20-9-22(38-21(20)12-34)32-10-15(2)23(35)29-26(32)36/h10-11,14,16,18-22,24-25,34H,5-9,12-13H2,1-4H3,(H,29,35,36)/t14-,16-,18+,19+,20+,21-,22-,24+,25-,27-,28-/m1/s1. The van der Waals surface area contributed by atoms with Crippen LogP contribution in [0.2, 0.25) is 0 Å². The highest BCUT2D eigenvalue weighted by molar-refractivity contribution is 5.09. The smallest absolute Gasteiger partial charge is 0.330 e. The summed E-state index contributed by atoms with van der Waals surface area (Å²) in [4.78, 5) is 38.6. The van der Waals surface area contributed by atoms with Crippen LogP contribution in [0.5, 0.6) is 0 Å². The van der Waals surface area contributed by atoms with Crippen LogP contribution in [0.15, 0.2) is 22.0 Å². The van der Waals surface area contributed by atoms with Gasteiger partial charge in [-0.1, -0.05) is 19.1 Å². The number of aliphatic hydroxyl groups is 1. The van der Waals surface area contributed by atoms with Gasteiger partial charge < -0.3 is 24.1 Å². The Morgan fingerprint density at radius 2 is 1.98 bits per heavy atom. The first-order valence-electron chi connectivity index (χ1n) is 14.9. The second kappa shape index (κ2) is 10.3. The van der Waals surface area contributed by atoms with Gasteiger partial charge >= 0.3 is 5.69 Å². The summed E-state index contributed by atoms with van der Waals surface area (Å²) in [5.41, 5.74) is -0.683. The Bertz CT molecular complexity index is 1440. The van der Waals surface area contributed by atoms with Gasteiger partial charge in [-0.25, -0.2) is 19.3 Å². The van der Waals surface area contributed by atoms with Crippen LogP contribution in [0.3, 0.4) is 0 Å². The molecule has 11 atom stereocenters. The molecule has 2 N–H and O–H groups in total. The summed E-state index contributed by atoms with van der Waals surface area (Å²) in [6, 6.07) is -0.376. The molecule has 2 bridgehead atoms. The number of nitrogens with one attached hydrogen (secondary N) is 1. The number of aromatic amines is 1. The van der Waals surface area contributed by atoms with E-state index in [4.69, 9.17) is 28.7 Å². The van der Waals surface area contributed by atoms with Gasteiger partial charge in [0.25, 0.3) is 5.56 Å². The van der Waals surface area contributed by atoms with E-state index in [1.807, 2.05) is 6.92 Å². The van der Waals surface area contributed by atoms with Gasteiger partial charge in [0, 0.05) is 36.4 Å². The highest BCUT2D eigenvalue weighted by Gasteiger charge is 2.69. The van der Waals surface area contributed by atoms with E-state index in [1.54, 1.807) is 17.8 Å². The highest BCUT2D eigenvalue weighted by Crippen LogP contribution is 2.60. The molecule has 1 saturated carbocycles. The second-order valence-corrected chi connectivity index (χ2v) is 12.9. The van der Waals surface area contributed by atoms with Crippen molar-refractivity contribution >= 4 is 0 Å². The fraction of sp³-hybridized carbons (Fsp3) is 0.786. The Hall–Kier alpha value is -2.46. The van der Waals surface area contributed by atoms with Crippen molar-refractivity contribution in [3.63, 3.8) is 0 Å². The molecule has 0 unspecified atom stereocenters. The van der Waals surface area contributed by atoms with Crippen molar-refractivity contribution in [2.75, 3.05) is 6.61 Å². The van der Waals surface area contributed by atoms with Crippen LogP contribution >= 0.6 is 0 Å². The zero-order valence-electron chi connectivity index (χ0n) is 24.3. The molecule has 6 aliphatic rings. The number of aliphatic hydroxyl groups excluding tert-OH is 1. The lowest BCUT2D eigenvalue weighted by Gasteiger charge is -2.60. The van der Waals surface area contributed by atoms with Crippen LogP contribution in [0, 0.1) is 30.6 Å². The average Bonchev–Trinajstić information content (AvgIpc) is 3.55. The summed E-state index contributed by atoms with van der Waals surface area (Å²) in [5, 5.41) is 18.6. The Morgan fingerprint density at radius 1 is 1.14 bits per heavy atom. The fourth-order valence-corrected chi connectivity index (χ4v) is 7.90. The molecule has 0 radical (unpaired) electrons. The normalized spacial score (nSPS) is 42.8. The summed E-state index contributed by atoms with van der Waals surface area (Å²) in [6.45, 7) is 7.83. The van der Waals surface area contributed by atoms with E-state index in [0.29, 0.717) is 23.6 Å². The Labute approximate surface area is 242 Å². The minimum Gasteiger partial charge on any atom is -0.394 e. The lowest BCUT2D eigenvalue weighted by Crippen LogP contribution is -2.70. The molecule has 2 aromatic rings. The predicted octanol–water partition coefficient (Wildman–Crippen LogP) is 1.68. The van der Waals surface area contributed by atoms with Crippen LogP contribution in [-0.4, -0.2) is 66.3 Å². The molecule has 2 aromatic heterocycles. The molecule has 230 valence electrons. The molecule has 7 heterocycles. The third-order valence-electron chi connectivity index (χ3n) is 10.2. The Balaban J connectivity index is 1.05. The predicted molar refractivity (Wildman–Crippen MR) is 142 cm³/mol. The van der Waals surface area contributed by atoms with Crippen LogP contribution in [-0.2, 0) is 35.3 Å². The lowest BCUT2D eigenvalue weighted by atomic mass is 9.58. The number of aryl methyl sites for hydroxylation is 1. The molecular weight excluding hydrogens is 550 g/mol. The summed E-state index contributed by atoms with van der Waals surface area (Å²) in [6.07, 6.45) is 4.96. The van der Waals surface area contributed by atoms with Crippen LogP contribution in [0.4, 0.5) is 0 Å². The van der Waals surface area contributed by atoms with Gasteiger partial charge in [0.1, 0.15) is 18.0 Å². The number of hydrogen-bond donors (Lipinski definition) is 2. The summed E-state index contributed by atoms with van der Waals surface area (Å²) >= 11 is 0. The zero-order chi connectivity index (χ0) is 29.4. The van der Waals surface area contributed by atoms with E-state index in [-0.39, 0.29) is 37.0 Å². The molecule has 1 aliphatic carbocycles. The number of fused-ring (bicyclic) bond motifs is 2. The zero-order valence-corrected chi connectivity index (χ0v) is 24.3. The Kier molecular flexibility index (Phi) is 6.96. The molecule has 6 fully saturated rings. The van der Waals surface area contributed by atoms with Crippen molar-refractivity contribution in [1.82, 2.24) is 24.5 Å². The fourth-order valence-electron chi connectivity index (χ4n) is 7.90. The number of aromatic nitrogens is 5. The van der Waals surface area contributed by atoms with Gasteiger partial charge in [0.15, 0.2) is 18.2 Å². The van der Waals surface area contributed by atoms with Crippen molar-refractivity contribution in [3.05, 3.63) is 44.5 Å². The van der Waals surface area contributed by atoms with Crippen molar-refractivity contribution < 1.29 is 33.8 Å². The Morgan fingerprint density at radius 3 is 2.79 bits per heavy atom. The number of nitrogens with zero attached hydrogens (tertiary/aromatic N) is 4. The third kappa shape index (κ3) is 4.42. The minimum atomic E-state index is -0.852. The number of H-pyrrole nitrogens is 1. The lowest BCUT2D eigenvalue weighted by molar-refractivity contribution is -0.577. The maximum Gasteiger partial charge on any atom is 0.330 e. The quantitative estimate of drug-likeness (QED) is 0.472. The van der Waals surface area contributed by atoms with E-state index < -0.39 is 47.5 Å². The molecule has 0 aromatic carbocycles. The van der Waals surface area contributed by atoms with Crippen molar-refractivity contribution in [1.29, 1.82) is 0 Å². The minimum absolute atomic E-state index is 0.0304. The molecule has 14 heteroatoms. The van der Waals surface area contributed by atoms with E-state index in [1.165, 1.54) is 10.8 Å². The molecule has 5 saturated heterocycles. The van der Waals surface area contributed by atoms with E-state index >= 15 is 0 Å². The van der Waals surface area contributed by atoms with Crippen molar-refractivity contribution in [2.24, 2.45) is 23.7 Å². The summed E-state index contributed by atoms with van der Waals surface area (Å²) < 4.78 is 28.2. The van der Waals surface area contributed by atoms with Gasteiger partial charge in [-0.3, -0.25) is 14.3 Å². The van der Waals surface area contributed by atoms with E-state index in [9.17, 15) is 14.7 Å². The van der Waals surface area contributed by atoms with Crippen LogP contribution in [0.1, 0.15) is 76.4 Å². The van der Waals surface area contributed by atoms with Gasteiger partial charge in [0.2, 0.25) is 5.79 Å². The largest absolute Gasteiger partial charge is 0.394 e. The second-order valence-electron chi connectivity index (χ2n) is 12.9. The summed E-state index contributed by atoms with van der Waals surface area (Å²) in [5.74, 6) is 0.0888. The summed E-state index contributed by atoms with van der Waals surface area (Å²) in [7, 11) is 0. The van der Waals surface area contributed by atoms with Gasteiger partial charge in [-0.05, 0) is 44.9 Å². The molecule has 42 heavy (non-hydrogen) atoms. The molecular formula is C28H39N5O9. The van der Waals surface area contributed by atoms with Crippen LogP contribution < -0.4 is 11.2 Å². The third-order valence-corrected chi connectivity index (χ3v) is 10.2. The molecule has 5 aliphatic heterocycles. The van der Waals surface area contributed by atoms with Crippen molar-refractivity contribution in [3.8, 4) is 0 Å². The number of rotatable bonds is 6. The maximum atomic E-state index is 12.4. The van der Waals surface area contributed by atoms with E-state index in [0.717, 1.165) is 25.7 Å². The van der Waals surface area contributed by atoms with Crippen molar-refractivity contribution in [2.45, 2.75) is 109 Å². The topological polar surface area (TPSA) is 161 Å². The van der Waals surface area contributed by atoms with Gasteiger partial charge in [0.05, 0.1) is 25.5 Å². The van der Waals surface area contributed by atoms with Gasteiger partial charge in [-0.15, -0.1) is 5.10 Å². The number of ether oxygens (including phenoxy) is 4. The van der Waals surface area contributed by atoms with E-state index in [2.05, 4.69) is 29.1 Å². The molecule has 8 rings (SSSR count). The molecule has 14 nitrogen and oxygen atoms in total. The first-order chi connectivity index (χ1) is 20.1. The maximum absolute atomic E-state index is 12.4.